The van der Waals surface area contributed by atoms with Crippen LogP contribution in [0.15, 0.2) is 18.2 Å². The van der Waals surface area contributed by atoms with Gasteiger partial charge in [0.2, 0.25) is 0 Å². The molecular formula is C12H18N2O2S. The van der Waals surface area contributed by atoms with E-state index < -0.39 is 9.84 Å². The molecule has 0 atom stereocenters. The Morgan fingerprint density at radius 3 is 2.53 bits per heavy atom. The normalized spacial score (nSPS) is 20.1. The van der Waals surface area contributed by atoms with Gasteiger partial charge in [-0.3, -0.25) is 0 Å². The van der Waals surface area contributed by atoms with Crippen molar-refractivity contribution < 1.29 is 8.42 Å². The van der Waals surface area contributed by atoms with Crippen LogP contribution in [0.1, 0.15) is 18.4 Å². The predicted octanol–water partition coefficient (Wildman–Crippen LogP) is 1.57. The minimum Gasteiger partial charge on any atom is -0.397 e. The second-order valence-electron chi connectivity index (χ2n) is 4.66. The highest BCUT2D eigenvalue weighted by atomic mass is 32.2. The van der Waals surface area contributed by atoms with Gasteiger partial charge in [-0.15, -0.1) is 0 Å². The molecule has 5 heteroatoms. The summed E-state index contributed by atoms with van der Waals surface area (Å²) in [7, 11) is -2.80. The zero-order valence-electron chi connectivity index (χ0n) is 9.94. The van der Waals surface area contributed by atoms with Crippen molar-refractivity contribution in [1.29, 1.82) is 0 Å². The number of sulfone groups is 1. The van der Waals surface area contributed by atoms with Crippen LogP contribution in [-0.2, 0) is 9.84 Å². The van der Waals surface area contributed by atoms with Crippen LogP contribution in [0.2, 0.25) is 0 Å². The van der Waals surface area contributed by atoms with Crippen molar-refractivity contribution in [3.05, 3.63) is 23.8 Å². The average molecular weight is 254 g/mol. The van der Waals surface area contributed by atoms with E-state index in [2.05, 4.69) is 5.32 Å². The van der Waals surface area contributed by atoms with Crippen molar-refractivity contribution in [3.63, 3.8) is 0 Å². The summed E-state index contributed by atoms with van der Waals surface area (Å²) in [5.41, 5.74) is 8.66. The molecule has 94 valence electrons. The van der Waals surface area contributed by atoms with Gasteiger partial charge in [-0.2, -0.15) is 0 Å². The molecule has 0 aliphatic carbocycles. The second kappa shape index (κ2) is 4.56. The molecular weight excluding hydrogens is 236 g/mol. The maximum absolute atomic E-state index is 11.3. The van der Waals surface area contributed by atoms with E-state index in [9.17, 15) is 8.42 Å². The first-order valence-electron chi connectivity index (χ1n) is 5.79. The van der Waals surface area contributed by atoms with Gasteiger partial charge < -0.3 is 11.1 Å². The lowest BCUT2D eigenvalue weighted by molar-refractivity contribution is 0.559. The van der Waals surface area contributed by atoms with Crippen LogP contribution < -0.4 is 11.1 Å². The van der Waals surface area contributed by atoms with Crippen molar-refractivity contribution in [1.82, 2.24) is 0 Å². The Kier molecular flexibility index (Phi) is 3.28. The zero-order chi connectivity index (χ0) is 12.5. The zero-order valence-corrected chi connectivity index (χ0v) is 10.8. The molecule has 1 saturated heterocycles. The quantitative estimate of drug-likeness (QED) is 0.786. The van der Waals surface area contributed by atoms with Gasteiger partial charge in [0, 0.05) is 6.04 Å². The number of nitrogens with one attached hydrogen (secondary N) is 1. The Bertz CT molecular complexity index is 497. The molecule has 1 aromatic rings. The molecule has 3 N–H and O–H groups in total. The largest absolute Gasteiger partial charge is 0.397 e. The van der Waals surface area contributed by atoms with Gasteiger partial charge in [-0.25, -0.2) is 8.42 Å². The number of nitrogens with two attached hydrogens (primary N) is 1. The lowest BCUT2D eigenvalue weighted by Crippen LogP contribution is -2.32. The topological polar surface area (TPSA) is 72.2 Å². The first-order chi connectivity index (χ1) is 7.96. The molecule has 0 spiro atoms. The van der Waals surface area contributed by atoms with Crippen molar-refractivity contribution in [3.8, 4) is 0 Å². The third-order valence-electron chi connectivity index (χ3n) is 3.12. The molecule has 1 aliphatic heterocycles. The van der Waals surface area contributed by atoms with Gasteiger partial charge in [0.25, 0.3) is 0 Å². The lowest BCUT2D eigenvalue weighted by atomic mass is 10.1. The number of nitrogen functional groups attached to an aromatic ring is 1. The van der Waals surface area contributed by atoms with Gasteiger partial charge >= 0.3 is 0 Å². The molecule has 1 aromatic carbocycles. The van der Waals surface area contributed by atoms with E-state index in [0.29, 0.717) is 12.8 Å². The molecule has 0 unspecified atom stereocenters. The Labute approximate surface area is 102 Å². The lowest BCUT2D eigenvalue weighted by Gasteiger charge is -2.24. The van der Waals surface area contributed by atoms with Gasteiger partial charge in [0.1, 0.15) is 9.84 Å². The first-order valence-corrected chi connectivity index (χ1v) is 7.61. The van der Waals surface area contributed by atoms with E-state index in [1.807, 2.05) is 25.1 Å². The van der Waals surface area contributed by atoms with Crippen molar-refractivity contribution in [2.24, 2.45) is 0 Å². The molecule has 4 nitrogen and oxygen atoms in total. The van der Waals surface area contributed by atoms with Gasteiger partial charge in [0.15, 0.2) is 0 Å². The van der Waals surface area contributed by atoms with Crippen LogP contribution in [0, 0.1) is 6.92 Å². The van der Waals surface area contributed by atoms with E-state index in [1.165, 1.54) is 0 Å². The van der Waals surface area contributed by atoms with Crippen molar-refractivity contribution >= 4 is 21.2 Å². The number of hydrogen-bond acceptors (Lipinski definition) is 4. The SMILES string of the molecule is Cc1ccc(NC2CCS(=O)(=O)CC2)c(N)c1. The molecule has 0 saturated carbocycles. The summed E-state index contributed by atoms with van der Waals surface area (Å²) in [6.07, 6.45) is 1.32. The Morgan fingerprint density at radius 1 is 1.29 bits per heavy atom. The fourth-order valence-electron chi connectivity index (χ4n) is 2.07. The Morgan fingerprint density at radius 2 is 1.94 bits per heavy atom. The average Bonchev–Trinajstić information content (AvgIpc) is 2.25. The second-order valence-corrected chi connectivity index (χ2v) is 6.96. The summed E-state index contributed by atoms with van der Waals surface area (Å²) in [5, 5.41) is 3.32. The summed E-state index contributed by atoms with van der Waals surface area (Å²) in [4.78, 5) is 0. The standard InChI is InChI=1S/C12H18N2O2S/c1-9-2-3-12(11(13)8-9)14-10-4-6-17(15,16)7-5-10/h2-3,8,10,14H,4-7,13H2,1H3. The fourth-order valence-corrected chi connectivity index (χ4v) is 3.56. The van der Waals surface area contributed by atoms with Gasteiger partial charge in [-0.1, -0.05) is 6.07 Å². The van der Waals surface area contributed by atoms with Crippen molar-refractivity contribution in [2.45, 2.75) is 25.8 Å². The summed E-state index contributed by atoms with van der Waals surface area (Å²) in [5.74, 6) is 0.548. The highest BCUT2D eigenvalue weighted by Gasteiger charge is 2.23. The van der Waals surface area contributed by atoms with E-state index in [-0.39, 0.29) is 17.5 Å². The number of rotatable bonds is 2. The highest BCUT2D eigenvalue weighted by Crippen LogP contribution is 2.23. The highest BCUT2D eigenvalue weighted by molar-refractivity contribution is 7.91. The summed E-state index contributed by atoms with van der Waals surface area (Å²) < 4.78 is 22.6. The maximum Gasteiger partial charge on any atom is 0.150 e. The molecule has 1 aliphatic rings. The van der Waals surface area contributed by atoms with E-state index in [4.69, 9.17) is 5.73 Å². The molecule has 0 aromatic heterocycles. The fraction of sp³-hybridized carbons (Fsp3) is 0.500. The van der Waals surface area contributed by atoms with E-state index in [1.54, 1.807) is 0 Å². The van der Waals surface area contributed by atoms with Crippen LogP contribution in [-0.4, -0.2) is 26.0 Å². The molecule has 0 bridgehead atoms. The first kappa shape index (κ1) is 12.2. The molecule has 1 heterocycles. The van der Waals surface area contributed by atoms with Crippen molar-refractivity contribution in [2.75, 3.05) is 22.6 Å². The molecule has 0 radical (unpaired) electrons. The molecule has 1 fully saturated rings. The minimum absolute atomic E-state index is 0.212. The third-order valence-corrected chi connectivity index (χ3v) is 4.84. The van der Waals surface area contributed by atoms with Crippen LogP contribution >= 0.6 is 0 Å². The van der Waals surface area contributed by atoms with Gasteiger partial charge in [0.05, 0.1) is 22.9 Å². The third kappa shape index (κ3) is 3.12. The molecule has 2 rings (SSSR count). The smallest absolute Gasteiger partial charge is 0.150 e. The van der Waals surface area contributed by atoms with E-state index >= 15 is 0 Å². The van der Waals surface area contributed by atoms with Crippen LogP contribution in [0.5, 0.6) is 0 Å². The summed E-state index contributed by atoms with van der Waals surface area (Å²) in [6, 6.07) is 6.08. The van der Waals surface area contributed by atoms with Gasteiger partial charge in [-0.05, 0) is 37.5 Å². The number of anilines is 2. The van der Waals surface area contributed by atoms with Crippen LogP contribution in [0.3, 0.4) is 0 Å². The predicted molar refractivity (Wildman–Crippen MR) is 70.9 cm³/mol. The Balaban J connectivity index is 2.02. The minimum atomic E-state index is -2.80. The monoisotopic (exact) mass is 254 g/mol. The number of hydrogen-bond donors (Lipinski definition) is 2. The number of aryl methyl sites for hydroxylation is 1. The summed E-state index contributed by atoms with van der Waals surface area (Å²) >= 11 is 0. The van der Waals surface area contributed by atoms with Crippen LogP contribution in [0.4, 0.5) is 11.4 Å². The maximum atomic E-state index is 11.3. The summed E-state index contributed by atoms with van der Waals surface area (Å²) in [6.45, 7) is 1.99. The van der Waals surface area contributed by atoms with E-state index in [0.717, 1.165) is 16.9 Å². The molecule has 0 amide bonds. The molecule has 17 heavy (non-hydrogen) atoms. The Hall–Kier alpha value is -1.23. The number of benzene rings is 1. The van der Waals surface area contributed by atoms with Crippen LogP contribution in [0.25, 0.3) is 0 Å².